The minimum Gasteiger partial charge on any atom is -0.314 e. The van der Waals surface area contributed by atoms with Gasteiger partial charge in [-0.1, -0.05) is 26.7 Å². The lowest BCUT2D eigenvalue weighted by molar-refractivity contribution is 0.281. The van der Waals surface area contributed by atoms with Crippen molar-refractivity contribution in [3.63, 3.8) is 0 Å². The van der Waals surface area contributed by atoms with Crippen LogP contribution in [0.15, 0.2) is 0 Å². The van der Waals surface area contributed by atoms with E-state index in [1.165, 1.54) is 25.7 Å². The maximum atomic E-state index is 11.3. The van der Waals surface area contributed by atoms with E-state index in [2.05, 4.69) is 12.2 Å². The van der Waals surface area contributed by atoms with Gasteiger partial charge in [0.25, 0.3) is 0 Å². The molecule has 0 aliphatic heterocycles. The molecule has 1 rings (SSSR count). The van der Waals surface area contributed by atoms with E-state index in [1.54, 1.807) is 6.92 Å². The van der Waals surface area contributed by atoms with Crippen LogP contribution in [0.5, 0.6) is 0 Å². The summed E-state index contributed by atoms with van der Waals surface area (Å²) in [5, 5.41) is 3.50. The van der Waals surface area contributed by atoms with Crippen molar-refractivity contribution in [2.75, 3.05) is 18.1 Å². The van der Waals surface area contributed by atoms with Gasteiger partial charge in [0.1, 0.15) is 9.84 Å². The average Bonchev–Trinajstić information content (AvgIpc) is 2.27. The number of rotatable bonds is 6. The van der Waals surface area contributed by atoms with Crippen LogP contribution in [0.3, 0.4) is 0 Å². The quantitative estimate of drug-likeness (QED) is 0.730. The average molecular weight is 247 g/mol. The van der Waals surface area contributed by atoms with Crippen molar-refractivity contribution in [1.29, 1.82) is 0 Å². The van der Waals surface area contributed by atoms with Crippen LogP contribution in [0.4, 0.5) is 0 Å². The Morgan fingerprint density at radius 1 is 1.25 bits per heavy atom. The highest BCUT2D eigenvalue weighted by atomic mass is 32.2. The highest BCUT2D eigenvalue weighted by molar-refractivity contribution is 7.91. The van der Waals surface area contributed by atoms with E-state index in [9.17, 15) is 8.42 Å². The zero-order valence-corrected chi connectivity index (χ0v) is 11.4. The molecule has 0 saturated heterocycles. The zero-order valence-electron chi connectivity index (χ0n) is 10.5. The Morgan fingerprint density at radius 2 is 1.94 bits per heavy atom. The first-order valence-electron chi connectivity index (χ1n) is 6.49. The van der Waals surface area contributed by atoms with Crippen LogP contribution in [-0.4, -0.2) is 32.5 Å². The molecule has 0 heterocycles. The summed E-state index contributed by atoms with van der Waals surface area (Å²) in [4.78, 5) is 0. The summed E-state index contributed by atoms with van der Waals surface area (Å²) < 4.78 is 22.6. The maximum Gasteiger partial charge on any atom is 0.150 e. The van der Waals surface area contributed by atoms with Gasteiger partial charge in [0, 0.05) is 11.8 Å². The van der Waals surface area contributed by atoms with Crippen LogP contribution < -0.4 is 5.32 Å². The molecule has 0 aromatic rings. The van der Waals surface area contributed by atoms with Crippen LogP contribution in [0, 0.1) is 5.92 Å². The van der Waals surface area contributed by atoms with Crippen molar-refractivity contribution in [1.82, 2.24) is 5.32 Å². The monoisotopic (exact) mass is 247 g/mol. The van der Waals surface area contributed by atoms with E-state index in [0.29, 0.717) is 11.8 Å². The Balaban J connectivity index is 2.15. The molecule has 0 spiro atoms. The predicted molar refractivity (Wildman–Crippen MR) is 68.4 cm³/mol. The largest absolute Gasteiger partial charge is 0.314 e. The number of nitrogens with one attached hydrogen (secondary N) is 1. The number of hydrogen-bond donors (Lipinski definition) is 1. The van der Waals surface area contributed by atoms with Crippen molar-refractivity contribution in [3.8, 4) is 0 Å². The summed E-state index contributed by atoms with van der Waals surface area (Å²) in [6.45, 7) is 4.85. The summed E-state index contributed by atoms with van der Waals surface area (Å²) in [7, 11) is -2.78. The number of hydrogen-bond acceptors (Lipinski definition) is 3. The van der Waals surface area contributed by atoms with Crippen LogP contribution in [0.25, 0.3) is 0 Å². The summed E-state index contributed by atoms with van der Waals surface area (Å²) in [5.74, 6) is 1.35. The van der Waals surface area contributed by atoms with Crippen LogP contribution in [0.2, 0.25) is 0 Å². The fourth-order valence-electron chi connectivity index (χ4n) is 2.34. The van der Waals surface area contributed by atoms with Gasteiger partial charge in [-0.2, -0.15) is 0 Å². The Bertz CT molecular complexity index is 287. The van der Waals surface area contributed by atoms with Crippen molar-refractivity contribution >= 4 is 9.84 Å². The minimum atomic E-state index is -2.78. The van der Waals surface area contributed by atoms with Crippen LogP contribution >= 0.6 is 0 Å². The maximum absolute atomic E-state index is 11.3. The Morgan fingerprint density at radius 3 is 2.56 bits per heavy atom. The number of sulfone groups is 1. The minimum absolute atomic E-state index is 0.271. The molecule has 1 aliphatic rings. The molecule has 0 radical (unpaired) electrons. The van der Waals surface area contributed by atoms with Crippen molar-refractivity contribution in [3.05, 3.63) is 0 Å². The highest BCUT2D eigenvalue weighted by Gasteiger charge is 2.20. The molecular formula is C12H25NO2S. The van der Waals surface area contributed by atoms with Crippen LogP contribution in [0.1, 0.15) is 46.0 Å². The molecule has 1 N–H and O–H groups in total. The van der Waals surface area contributed by atoms with Gasteiger partial charge in [0.15, 0.2) is 0 Å². The molecule has 3 nitrogen and oxygen atoms in total. The fraction of sp³-hybridized carbons (Fsp3) is 1.00. The van der Waals surface area contributed by atoms with Gasteiger partial charge in [-0.3, -0.25) is 0 Å². The van der Waals surface area contributed by atoms with Crippen molar-refractivity contribution in [2.24, 2.45) is 5.92 Å². The molecule has 0 bridgehead atoms. The first-order chi connectivity index (χ1) is 7.55. The van der Waals surface area contributed by atoms with Gasteiger partial charge in [0.2, 0.25) is 0 Å². The van der Waals surface area contributed by atoms with Gasteiger partial charge in [-0.15, -0.1) is 0 Å². The van der Waals surface area contributed by atoms with E-state index < -0.39 is 9.84 Å². The Labute approximate surface area is 99.9 Å². The summed E-state index contributed by atoms with van der Waals surface area (Å²) >= 11 is 0. The van der Waals surface area contributed by atoms with Crippen LogP contribution in [-0.2, 0) is 9.84 Å². The molecule has 2 atom stereocenters. The zero-order chi connectivity index (χ0) is 12.0. The smallest absolute Gasteiger partial charge is 0.150 e. The molecule has 1 saturated carbocycles. The molecule has 0 aromatic carbocycles. The standard InChI is InChI=1S/C12H25NO2S/c1-3-16(14,15)10-6-9-13-12-8-5-4-7-11(12)2/h11-13H,3-10H2,1-2H3. The van der Waals surface area contributed by atoms with E-state index in [4.69, 9.17) is 0 Å². The molecule has 4 heteroatoms. The molecule has 96 valence electrons. The topological polar surface area (TPSA) is 46.2 Å². The van der Waals surface area contributed by atoms with Gasteiger partial charge in [-0.05, 0) is 31.7 Å². The Hall–Kier alpha value is -0.0900. The Kier molecular flexibility index (Phi) is 5.76. The van der Waals surface area contributed by atoms with E-state index in [-0.39, 0.29) is 5.75 Å². The second-order valence-electron chi connectivity index (χ2n) is 4.91. The third-order valence-electron chi connectivity index (χ3n) is 3.59. The van der Waals surface area contributed by atoms with Crippen molar-refractivity contribution < 1.29 is 8.42 Å². The fourth-order valence-corrected chi connectivity index (χ4v) is 3.22. The SMILES string of the molecule is CCS(=O)(=O)CCCNC1CCCCC1C. The van der Waals surface area contributed by atoms with Gasteiger partial charge >= 0.3 is 0 Å². The lowest BCUT2D eigenvalue weighted by Gasteiger charge is -2.29. The first kappa shape index (κ1) is 14.0. The molecule has 0 aromatic heterocycles. The van der Waals surface area contributed by atoms with E-state index in [0.717, 1.165) is 18.9 Å². The third kappa shape index (κ3) is 4.83. The second kappa shape index (κ2) is 6.60. The second-order valence-corrected chi connectivity index (χ2v) is 7.39. The van der Waals surface area contributed by atoms with Crippen molar-refractivity contribution in [2.45, 2.75) is 52.0 Å². The van der Waals surface area contributed by atoms with E-state index >= 15 is 0 Å². The normalized spacial score (nSPS) is 26.9. The van der Waals surface area contributed by atoms with Gasteiger partial charge in [0.05, 0.1) is 5.75 Å². The molecule has 1 fully saturated rings. The summed E-state index contributed by atoms with van der Waals surface area (Å²) in [6, 6.07) is 0.609. The first-order valence-corrected chi connectivity index (χ1v) is 8.31. The summed E-state index contributed by atoms with van der Waals surface area (Å²) in [5.41, 5.74) is 0. The van der Waals surface area contributed by atoms with Gasteiger partial charge < -0.3 is 5.32 Å². The molecule has 0 amide bonds. The predicted octanol–water partition coefficient (Wildman–Crippen LogP) is 1.98. The molecule has 2 unspecified atom stereocenters. The third-order valence-corrected chi connectivity index (χ3v) is 5.38. The molecule has 16 heavy (non-hydrogen) atoms. The summed E-state index contributed by atoms with van der Waals surface area (Å²) in [6.07, 6.45) is 5.98. The van der Waals surface area contributed by atoms with Gasteiger partial charge in [-0.25, -0.2) is 8.42 Å². The molecular weight excluding hydrogens is 222 g/mol. The lowest BCUT2D eigenvalue weighted by Crippen LogP contribution is -2.38. The van der Waals surface area contributed by atoms with E-state index in [1.807, 2.05) is 0 Å². The highest BCUT2D eigenvalue weighted by Crippen LogP contribution is 2.23. The molecule has 1 aliphatic carbocycles. The lowest BCUT2D eigenvalue weighted by atomic mass is 9.86.